The minimum atomic E-state index is -0.325. The average molecular weight is 331 g/mol. The van der Waals surface area contributed by atoms with Crippen LogP contribution in [0, 0.1) is 6.92 Å². The van der Waals surface area contributed by atoms with Crippen LogP contribution in [0.1, 0.15) is 23.4 Å². The quantitative estimate of drug-likeness (QED) is 0.734. The third-order valence-corrected chi connectivity index (χ3v) is 5.00. The van der Waals surface area contributed by atoms with Gasteiger partial charge in [0.15, 0.2) is 0 Å². The van der Waals surface area contributed by atoms with Crippen molar-refractivity contribution in [2.45, 2.75) is 19.8 Å². The zero-order chi connectivity index (χ0) is 15.7. The molecule has 1 amide bonds. The normalized spacial score (nSPS) is 12.3. The molecule has 22 heavy (non-hydrogen) atoms. The van der Waals surface area contributed by atoms with Gasteiger partial charge in [-0.2, -0.15) is 0 Å². The zero-order valence-electron chi connectivity index (χ0n) is 12.3. The number of carbonyl (C=O) groups excluding carboxylic acids is 1. The molecular weight excluding hydrogens is 316 g/mol. The standard InChI is InChI=1S/C17H15ClN2OS/c1-10-7-8-12(18)14(9-10)19-16(21)11(2)17-20-13-5-3-4-6-15(13)22-17/h3-9,11H,1-2H3,(H,19,21). The van der Waals surface area contributed by atoms with Crippen molar-refractivity contribution < 1.29 is 4.79 Å². The molecule has 1 N–H and O–H groups in total. The average Bonchev–Trinajstić information content (AvgIpc) is 2.94. The fourth-order valence-electron chi connectivity index (χ4n) is 2.16. The Bertz CT molecular complexity index is 811. The second kappa shape index (κ2) is 6.07. The van der Waals surface area contributed by atoms with Gasteiger partial charge in [0.2, 0.25) is 5.91 Å². The van der Waals surface area contributed by atoms with Gasteiger partial charge < -0.3 is 5.32 Å². The van der Waals surface area contributed by atoms with Crippen LogP contribution in [0.2, 0.25) is 5.02 Å². The number of rotatable bonds is 3. The lowest BCUT2D eigenvalue weighted by molar-refractivity contribution is -0.117. The van der Waals surface area contributed by atoms with Crippen LogP contribution in [0.5, 0.6) is 0 Å². The van der Waals surface area contributed by atoms with Crippen molar-refractivity contribution in [2.24, 2.45) is 0 Å². The smallest absolute Gasteiger partial charge is 0.234 e. The second-order valence-corrected chi connectivity index (χ2v) is 6.68. The van der Waals surface area contributed by atoms with E-state index in [0.29, 0.717) is 10.7 Å². The summed E-state index contributed by atoms with van der Waals surface area (Å²) in [6, 6.07) is 13.5. The van der Waals surface area contributed by atoms with E-state index in [1.165, 1.54) is 0 Å². The maximum atomic E-state index is 12.5. The number of para-hydroxylation sites is 1. The maximum absolute atomic E-state index is 12.5. The Morgan fingerprint density at radius 1 is 1.27 bits per heavy atom. The van der Waals surface area contributed by atoms with Crippen molar-refractivity contribution in [3.8, 4) is 0 Å². The van der Waals surface area contributed by atoms with Crippen molar-refractivity contribution >= 4 is 44.7 Å². The van der Waals surface area contributed by atoms with Gasteiger partial charge in [0, 0.05) is 0 Å². The molecule has 0 aliphatic carbocycles. The number of carbonyl (C=O) groups is 1. The van der Waals surface area contributed by atoms with Crippen molar-refractivity contribution in [3.63, 3.8) is 0 Å². The largest absolute Gasteiger partial charge is 0.324 e. The highest BCUT2D eigenvalue weighted by Gasteiger charge is 2.20. The van der Waals surface area contributed by atoms with Crippen LogP contribution in [0.4, 0.5) is 5.69 Å². The monoisotopic (exact) mass is 330 g/mol. The van der Waals surface area contributed by atoms with Crippen molar-refractivity contribution in [3.05, 3.63) is 58.1 Å². The molecule has 0 aliphatic heterocycles. The topological polar surface area (TPSA) is 42.0 Å². The summed E-state index contributed by atoms with van der Waals surface area (Å²) in [5, 5.41) is 4.23. The van der Waals surface area contributed by atoms with Crippen molar-refractivity contribution in [1.29, 1.82) is 0 Å². The highest BCUT2D eigenvalue weighted by molar-refractivity contribution is 7.18. The number of hydrogen-bond acceptors (Lipinski definition) is 3. The fourth-order valence-corrected chi connectivity index (χ4v) is 3.35. The van der Waals surface area contributed by atoms with Crippen LogP contribution in [0.15, 0.2) is 42.5 Å². The molecular formula is C17H15ClN2OS. The van der Waals surface area contributed by atoms with Gasteiger partial charge in [0.1, 0.15) is 5.01 Å². The predicted octanol–water partition coefficient (Wildman–Crippen LogP) is 5.00. The van der Waals surface area contributed by atoms with Crippen LogP contribution in [0.25, 0.3) is 10.2 Å². The van der Waals surface area contributed by atoms with Gasteiger partial charge in [-0.3, -0.25) is 4.79 Å². The first-order valence-electron chi connectivity index (χ1n) is 6.97. The summed E-state index contributed by atoms with van der Waals surface area (Å²) in [6.07, 6.45) is 0. The van der Waals surface area contributed by atoms with Gasteiger partial charge in [-0.05, 0) is 43.7 Å². The van der Waals surface area contributed by atoms with Crippen LogP contribution >= 0.6 is 22.9 Å². The number of aryl methyl sites for hydroxylation is 1. The molecule has 1 heterocycles. The number of nitrogens with one attached hydrogen (secondary N) is 1. The van der Waals surface area contributed by atoms with E-state index < -0.39 is 0 Å². The summed E-state index contributed by atoms with van der Waals surface area (Å²) >= 11 is 7.67. The minimum Gasteiger partial charge on any atom is -0.324 e. The Hall–Kier alpha value is -1.91. The van der Waals surface area contributed by atoms with E-state index in [1.54, 1.807) is 17.4 Å². The zero-order valence-corrected chi connectivity index (χ0v) is 13.8. The van der Waals surface area contributed by atoms with Gasteiger partial charge in [-0.15, -0.1) is 11.3 Å². The second-order valence-electron chi connectivity index (χ2n) is 5.21. The summed E-state index contributed by atoms with van der Waals surface area (Å²) in [4.78, 5) is 17.0. The SMILES string of the molecule is Cc1ccc(Cl)c(NC(=O)C(C)c2nc3ccccc3s2)c1. The molecule has 112 valence electrons. The Balaban J connectivity index is 1.83. The van der Waals surface area contributed by atoms with E-state index in [4.69, 9.17) is 11.6 Å². The van der Waals surface area contributed by atoms with E-state index in [9.17, 15) is 4.79 Å². The minimum absolute atomic E-state index is 0.105. The Morgan fingerprint density at radius 2 is 2.05 bits per heavy atom. The molecule has 0 fully saturated rings. The molecule has 5 heteroatoms. The molecule has 0 bridgehead atoms. The third kappa shape index (κ3) is 2.98. The molecule has 3 nitrogen and oxygen atoms in total. The first kappa shape index (κ1) is 15.0. The molecule has 0 saturated carbocycles. The van der Waals surface area contributed by atoms with E-state index in [2.05, 4.69) is 10.3 Å². The lowest BCUT2D eigenvalue weighted by atomic mass is 10.1. The third-order valence-electron chi connectivity index (χ3n) is 3.45. The van der Waals surface area contributed by atoms with E-state index in [1.807, 2.05) is 50.2 Å². The fraction of sp³-hybridized carbons (Fsp3) is 0.176. The number of hydrogen-bond donors (Lipinski definition) is 1. The lowest BCUT2D eigenvalue weighted by Crippen LogP contribution is -2.19. The summed E-state index contributed by atoms with van der Waals surface area (Å²) < 4.78 is 1.09. The first-order chi connectivity index (χ1) is 10.5. The van der Waals surface area contributed by atoms with Crippen LogP contribution in [-0.2, 0) is 4.79 Å². The lowest BCUT2D eigenvalue weighted by Gasteiger charge is -2.11. The number of nitrogens with zero attached hydrogens (tertiary/aromatic N) is 1. The number of halogens is 1. The van der Waals surface area contributed by atoms with Crippen LogP contribution in [0.3, 0.4) is 0 Å². The Labute approximate surface area is 138 Å². The van der Waals surface area contributed by atoms with Gasteiger partial charge in [0.25, 0.3) is 0 Å². The van der Waals surface area contributed by atoms with Crippen molar-refractivity contribution in [1.82, 2.24) is 4.98 Å². The Kier molecular flexibility index (Phi) is 4.14. The summed E-state index contributed by atoms with van der Waals surface area (Å²) in [7, 11) is 0. The van der Waals surface area contributed by atoms with Crippen LogP contribution in [-0.4, -0.2) is 10.9 Å². The molecule has 0 radical (unpaired) electrons. The Morgan fingerprint density at radius 3 is 2.82 bits per heavy atom. The molecule has 3 aromatic rings. The van der Waals surface area contributed by atoms with E-state index in [0.717, 1.165) is 20.8 Å². The van der Waals surface area contributed by atoms with Crippen molar-refractivity contribution in [2.75, 3.05) is 5.32 Å². The van der Waals surface area contributed by atoms with Crippen LogP contribution < -0.4 is 5.32 Å². The number of fused-ring (bicyclic) bond motifs is 1. The number of amides is 1. The molecule has 0 saturated heterocycles. The number of aromatic nitrogens is 1. The van der Waals surface area contributed by atoms with E-state index in [-0.39, 0.29) is 11.8 Å². The molecule has 1 atom stereocenters. The van der Waals surface area contributed by atoms with E-state index >= 15 is 0 Å². The first-order valence-corrected chi connectivity index (χ1v) is 8.16. The molecule has 1 aromatic heterocycles. The highest BCUT2D eigenvalue weighted by Crippen LogP contribution is 2.29. The van der Waals surface area contributed by atoms with Gasteiger partial charge in [0.05, 0.1) is 26.8 Å². The molecule has 1 unspecified atom stereocenters. The summed E-state index contributed by atoms with van der Waals surface area (Å²) in [6.45, 7) is 3.82. The van der Waals surface area contributed by atoms with Gasteiger partial charge in [-0.1, -0.05) is 29.8 Å². The van der Waals surface area contributed by atoms with Gasteiger partial charge in [-0.25, -0.2) is 4.98 Å². The predicted molar refractivity (Wildman–Crippen MR) is 92.9 cm³/mol. The molecule has 0 aliphatic rings. The summed E-state index contributed by atoms with van der Waals surface area (Å²) in [5.74, 6) is -0.430. The number of anilines is 1. The molecule has 2 aromatic carbocycles. The summed E-state index contributed by atoms with van der Waals surface area (Å²) in [5.41, 5.74) is 2.61. The maximum Gasteiger partial charge on any atom is 0.234 e. The highest BCUT2D eigenvalue weighted by atomic mass is 35.5. The number of benzene rings is 2. The number of thiazole rings is 1. The molecule has 0 spiro atoms. The molecule has 3 rings (SSSR count). The van der Waals surface area contributed by atoms with Gasteiger partial charge >= 0.3 is 0 Å².